The summed E-state index contributed by atoms with van der Waals surface area (Å²) in [6, 6.07) is -0.476. The standard InChI is InChI=1S/C23H30N2O3S2/c1-14-9-17-10-15(3-4-16(17)5-6-19(14)28-2)11-18(26)21-20(29)12-24-22(21)23(27)25-7-8-30-13-25/h6,9,15,21-22,24H,3-5,7-8,10-13H2,1-2H3/t15?,21?,22-/m0/s1. The van der Waals surface area contributed by atoms with Crippen molar-refractivity contribution < 1.29 is 14.3 Å². The minimum atomic E-state index is -0.476. The van der Waals surface area contributed by atoms with Crippen molar-refractivity contribution >= 4 is 40.5 Å². The van der Waals surface area contributed by atoms with Crippen molar-refractivity contribution in [1.82, 2.24) is 10.2 Å². The van der Waals surface area contributed by atoms with Crippen LogP contribution in [0.5, 0.6) is 0 Å². The highest BCUT2D eigenvalue weighted by atomic mass is 32.2. The van der Waals surface area contributed by atoms with Crippen LogP contribution in [0.15, 0.2) is 34.6 Å². The van der Waals surface area contributed by atoms with Gasteiger partial charge in [0.25, 0.3) is 0 Å². The quantitative estimate of drug-likeness (QED) is 0.653. The van der Waals surface area contributed by atoms with Gasteiger partial charge in [-0.25, -0.2) is 0 Å². The van der Waals surface area contributed by atoms with Gasteiger partial charge >= 0.3 is 0 Å². The Bertz CT molecular complexity index is 839. The fourth-order valence-electron chi connectivity index (χ4n) is 5.03. The van der Waals surface area contributed by atoms with Gasteiger partial charge in [0.2, 0.25) is 5.91 Å². The number of ether oxygens (including phenoxy) is 1. The average Bonchev–Trinajstić information content (AvgIpc) is 3.36. The van der Waals surface area contributed by atoms with E-state index in [1.807, 2.05) is 4.90 Å². The van der Waals surface area contributed by atoms with Crippen molar-refractivity contribution in [2.75, 3.05) is 31.8 Å². The van der Waals surface area contributed by atoms with E-state index in [1.54, 1.807) is 18.9 Å². The van der Waals surface area contributed by atoms with Crippen molar-refractivity contribution in [3.63, 3.8) is 0 Å². The van der Waals surface area contributed by atoms with Crippen LogP contribution in [0.25, 0.3) is 0 Å². The predicted molar refractivity (Wildman–Crippen MR) is 124 cm³/mol. The lowest BCUT2D eigenvalue weighted by molar-refractivity contribution is -0.135. The average molecular weight is 447 g/mol. The largest absolute Gasteiger partial charge is 0.497 e. The lowest BCUT2D eigenvalue weighted by atomic mass is 9.78. The molecule has 5 nitrogen and oxygen atoms in total. The van der Waals surface area contributed by atoms with E-state index in [0.717, 1.165) is 49.3 Å². The molecule has 2 aliphatic heterocycles. The highest BCUT2D eigenvalue weighted by Crippen LogP contribution is 2.38. The molecular weight excluding hydrogens is 416 g/mol. The third kappa shape index (κ3) is 4.43. The minimum Gasteiger partial charge on any atom is -0.497 e. The number of thiocarbonyl (C=S) groups is 1. The van der Waals surface area contributed by atoms with Crippen molar-refractivity contribution in [1.29, 1.82) is 0 Å². The zero-order chi connectivity index (χ0) is 21.3. The first-order valence-electron chi connectivity index (χ1n) is 10.8. The number of carbonyl (C=O) groups excluding carboxylic acids is 2. The van der Waals surface area contributed by atoms with E-state index in [4.69, 9.17) is 17.0 Å². The lowest BCUT2D eigenvalue weighted by Gasteiger charge is -2.27. The molecule has 0 aromatic rings. The monoisotopic (exact) mass is 446 g/mol. The van der Waals surface area contributed by atoms with Gasteiger partial charge in [0, 0.05) is 30.1 Å². The van der Waals surface area contributed by atoms with Crippen LogP contribution in [0.3, 0.4) is 0 Å². The Morgan fingerprint density at radius 2 is 2.23 bits per heavy atom. The van der Waals surface area contributed by atoms with Crippen LogP contribution >= 0.6 is 24.0 Å². The summed E-state index contributed by atoms with van der Waals surface area (Å²) in [6.45, 7) is 3.32. The summed E-state index contributed by atoms with van der Waals surface area (Å²) >= 11 is 7.27. The topological polar surface area (TPSA) is 58.6 Å². The number of methoxy groups -OCH3 is 1. The molecule has 2 heterocycles. The number of ketones is 1. The van der Waals surface area contributed by atoms with Gasteiger partial charge in [-0.2, -0.15) is 0 Å². The zero-order valence-electron chi connectivity index (χ0n) is 17.7. The Hall–Kier alpha value is -1.44. The third-order valence-electron chi connectivity index (χ3n) is 6.69. The number of amides is 1. The first-order valence-corrected chi connectivity index (χ1v) is 12.3. The summed E-state index contributed by atoms with van der Waals surface area (Å²) in [5.41, 5.74) is 3.96. The first kappa shape index (κ1) is 21.8. The first-order chi connectivity index (χ1) is 14.5. The van der Waals surface area contributed by atoms with Crippen molar-refractivity contribution in [2.45, 2.75) is 45.1 Å². The smallest absolute Gasteiger partial charge is 0.241 e. The fourth-order valence-corrected chi connectivity index (χ4v) is 6.34. The summed E-state index contributed by atoms with van der Waals surface area (Å²) in [5.74, 6) is 2.65. The number of allylic oxidation sites excluding steroid dienone is 5. The Labute approximate surface area is 188 Å². The maximum absolute atomic E-state index is 13.3. The zero-order valence-corrected chi connectivity index (χ0v) is 19.4. The van der Waals surface area contributed by atoms with Crippen LogP contribution in [-0.2, 0) is 14.3 Å². The van der Waals surface area contributed by atoms with E-state index >= 15 is 0 Å². The normalized spacial score (nSPS) is 29.3. The number of nitrogens with one attached hydrogen (secondary N) is 1. The van der Waals surface area contributed by atoms with E-state index < -0.39 is 12.0 Å². The van der Waals surface area contributed by atoms with Crippen molar-refractivity contribution in [2.24, 2.45) is 11.8 Å². The van der Waals surface area contributed by atoms with Gasteiger partial charge in [-0.1, -0.05) is 23.9 Å². The van der Waals surface area contributed by atoms with E-state index in [1.165, 1.54) is 11.1 Å². The second-order valence-electron chi connectivity index (χ2n) is 8.65. The van der Waals surface area contributed by atoms with Gasteiger partial charge in [-0.05, 0) is 55.7 Å². The summed E-state index contributed by atoms with van der Waals surface area (Å²) in [7, 11) is 1.71. The van der Waals surface area contributed by atoms with Crippen LogP contribution in [0.1, 0.15) is 39.0 Å². The molecule has 0 aromatic heterocycles. The highest BCUT2D eigenvalue weighted by molar-refractivity contribution is 7.99. The fraction of sp³-hybridized carbons (Fsp3) is 0.609. The van der Waals surface area contributed by atoms with Crippen molar-refractivity contribution in [3.05, 3.63) is 34.6 Å². The molecule has 7 heteroatoms. The maximum Gasteiger partial charge on any atom is 0.241 e. The minimum absolute atomic E-state index is 0.0346. The molecule has 1 N–H and O–H groups in total. The highest BCUT2D eigenvalue weighted by Gasteiger charge is 2.43. The molecule has 2 saturated heterocycles. The molecule has 2 fully saturated rings. The summed E-state index contributed by atoms with van der Waals surface area (Å²) < 4.78 is 5.49. The number of rotatable bonds is 5. The van der Waals surface area contributed by atoms with Gasteiger partial charge in [-0.3, -0.25) is 9.59 Å². The van der Waals surface area contributed by atoms with Gasteiger partial charge < -0.3 is 15.0 Å². The Balaban J connectivity index is 1.42. The SMILES string of the molecule is COC1=CCC2=C(C=C1C)CC(CC(=O)C1C(=S)CN[C@@H]1C(=O)N1CCSC1)CC2. The number of carbonyl (C=O) groups is 2. The van der Waals surface area contributed by atoms with Crippen LogP contribution in [0, 0.1) is 11.8 Å². The van der Waals surface area contributed by atoms with Gasteiger partial charge in [-0.15, -0.1) is 11.8 Å². The van der Waals surface area contributed by atoms with E-state index in [-0.39, 0.29) is 11.7 Å². The summed E-state index contributed by atoms with van der Waals surface area (Å²) in [5, 5.41) is 3.22. The maximum atomic E-state index is 13.3. The Morgan fingerprint density at radius 1 is 1.40 bits per heavy atom. The molecule has 1 amide bonds. The molecule has 3 atom stereocenters. The molecule has 162 valence electrons. The molecule has 0 aromatic carbocycles. The molecule has 0 bridgehead atoms. The molecule has 4 aliphatic rings. The molecule has 30 heavy (non-hydrogen) atoms. The second-order valence-corrected chi connectivity index (χ2v) is 10.3. The van der Waals surface area contributed by atoms with Crippen LogP contribution < -0.4 is 5.32 Å². The Morgan fingerprint density at radius 3 is 2.97 bits per heavy atom. The van der Waals surface area contributed by atoms with Gasteiger partial charge in [0.1, 0.15) is 17.6 Å². The summed E-state index contributed by atoms with van der Waals surface area (Å²) in [4.78, 5) is 28.8. The number of nitrogens with zero attached hydrogens (tertiary/aromatic N) is 1. The number of thioether (sulfide) groups is 1. The molecular formula is C23H30N2O3S2. The Kier molecular flexibility index (Phi) is 6.80. The number of Topliss-reactive ketones (excluding diaryl/α,β-unsaturated/α-hetero) is 1. The van der Waals surface area contributed by atoms with Crippen LogP contribution in [0.4, 0.5) is 0 Å². The molecule has 2 aliphatic carbocycles. The van der Waals surface area contributed by atoms with Gasteiger partial charge in [0.05, 0.1) is 18.9 Å². The molecule has 2 unspecified atom stereocenters. The molecule has 0 spiro atoms. The molecule has 4 rings (SSSR count). The molecule has 0 radical (unpaired) electrons. The van der Waals surface area contributed by atoms with Crippen LogP contribution in [0.2, 0.25) is 0 Å². The second kappa shape index (κ2) is 9.37. The number of hydrogen-bond donors (Lipinski definition) is 1. The van der Waals surface area contributed by atoms with Crippen molar-refractivity contribution in [3.8, 4) is 0 Å². The predicted octanol–water partition coefficient (Wildman–Crippen LogP) is 3.41. The van der Waals surface area contributed by atoms with E-state index in [9.17, 15) is 9.59 Å². The van der Waals surface area contributed by atoms with E-state index in [2.05, 4.69) is 24.4 Å². The third-order valence-corrected chi connectivity index (χ3v) is 8.06. The van der Waals surface area contributed by atoms with Crippen LogP contribution in [-0.4, -0.2) is 59.3 Å². The summed E-state index contributed by atoms with van der Waals surface area (Å²) in [6.07, 6.45) is 8.76. The van der Waals surface area contributed by atoms with E-state index in [0.29, 0.717) is 29.6 Å². The number of hydrogen-bond acceptors (Lipinski definition) is 6. The molecule has 0 saturated carbocycles. The lowest BCUT2D eigenvalue weighted by Crippen LogP contribution is -2.47. The van der Waals surface area contributed by atoms with Gasteiger partial charge in [0.15, 0.2) is 0 Å².